The first-order chi connectivity index (χ1) is 16.3. The Labute approximate surface area is 194 Å². The zero-order chi connectivity index (χ0) is 24.0. The average Bonchev–Trinajstić information content (AvgIpc) is 2.82. The number of allylic oxidation sites excluding steroid dienone is 2. The SMILES string of the molecule is N#CC1=C(N)OC2=C(C1c1ccccc1F)S(=O)(=O)N(Cc1ccc(F)cc1)c1ccccc12. The number of sulfonamides is 1. The number of benzene rings is 3. The number of para-hydroxylation sites is 1. The first-order valence-corrected chi connectivity index (χ1v) is 11.7. The highest BCUT2D eigenvalue weighted by Gasteiger charge is 2.47. The Hall–Kier alpha value is -4.16. The number of fused-ring (bicyclic) bond motifs is 2. The average molecular weight is 477 g/mol. The van der Waals surface area contributed by atoms with Gasteiger partial charge in [0.25, 0.3) is 10.0 Å². The van der Waals surface area contributed by atoms with E-state index in [1.54, 1.807) is 30.3 Å². The predicted octanol–water partition coefficient (Wildman–Crippen LogP) is 4.49. The van der Waals surface area contributed by atoms with E-state index >= 15 is 0 Å². The third kappa shape index (κ3) is 3.31. The molecule has 0 saturated carbocycles. The van der Waals surface area contributed by atoms with Gasteiger partial charge in [0.15, 0.2) is 5.76 Å². The highest BCUT2D eigenvalue weighted by molar-refractivity contribution is 7.96. The van der Waals surface area contributed by atoms with E-state index in [0.717, 1.165) is 4.31 Å². The zero-order valence-corrected chi connectivity index (χ0v) is 18.4. The molecule has 1 atom stereocenters. The third-order valence-electron chi connectivity index (χ3n) is 5.81. The Morgan fingerprint density at radius 2 is 1.68 bits per heavy atom. The predicted molar refractivity (Wildman–Crippen MR) is 122 cm³/mol. The van der Waals surface area contributed by atoms with E-state index in [9.17, 15) is 22.5 Å². The normalized spacial score (nSPS) is 18.6. The number of nitrogens with zero attached hydrogens (tertiary/aromatic N) is 2. The van der Waals surface area contributed by atoms with E-state index in [1.165, 1.54) is 42.5 Å². The number of halogens is 2. The van der Waals surface area contributed by atoms with Gasteiger partial charge in [-0.2, -0.15) is 5.26 Å². The lowest BCUT2D eigenvalue weighted by atomic mass is 9.88. The molecule has 2 aliphatic heterocycles. The Morgan fingerprint density at radius 1 is 1.00 bits per heavy atom. The Morgan fingerprint density at radius 3 is 2.38 bits per heavy atom. The van der Waals surface area contributed by atoms with Crippen LogP contribution in [0.5, 0.6) is 0 Å². The Balaban J connectivity index is 1.77. The van der Waals surface area contributed by atoms with Crippen LogP contribution in [-0.4, -0.2) is 8.42 Å². The number of rotatable bonds is 3. The van der Waals surface area contributed by atoms with Crippen LogP contribution in [0.2, 0.25) is 0 Å². The summed E-state index contributed by atoms with van der Waals surface area (Å²) in [6.45, 7) is -0.110. The second-order valence-electron chi connectivity index (χ2n) is 7.79. The van der Waals surface area contributed by atoms with Crippen LogP contribution in [0.1, 0.15) is 22.6 Å². The minimum absolute atomic E-state index is 0.0116. The Bertz CT molecular complexity index is 1520. The molecule has 2 N–H and O–H groups in total. The molecule has 3 aromatic carbocycles. The van der Waals surface area contributed by atoms with E-state index in [2.05, 4.69) is 0 Å². The van der Waals surface area contributed by atoms with E-state index in [-0.39, 0.29) is 34.2 Å². The number of anilines is 1. The fraction of sp³-hybridized carbons (Fsp3) is 0.0800. The molecule has 0 radical (unpaired) electrons. The maximum Gasteiger partial charge on any atom is 0.265 e. The number of nitriles is 1. The molecule has 0 saturated heterocycles. The van der Waals surface area contributed by atoms with Crippen LogP contribution < -0.4 is 10.0 Å². The van der Waals surface area contributed by atoms with Gasteiger partial charge in [0, 0.05) is 11.1 Å². The first kappa shape index (κ1) is 21.7. The summed E-state index contributed by atoms with van der Waals surface area (Å²) in [7, 11) is -4.34. The maximum absolute atomic E-state index is 14.9. The molecule has 0 aromatic heterocycles. The second-order valence-corrected chi connectivity index (χ2v) is 9.63. The fourth-order valence-corrected chi connectivity index (χ4v) is 6.16. The summed E-state index contributed by atoms with van der Waals surface area (Å²) in [6, 6.07) is 19.7. The Kier molecular flexibility index (Phi) is 5.10. The van der Waals surface area contributed by atoms with Crippen LogP contribution in [0.25, 0.3) is 5.76 Å². The van der Waals surface area contributed by atoms with Gasteiger partial charge in [-0.05, 0) is 35.9 Å². The fourth-order valence-electron chi connectivity index (χ4n) is 4.26. The molecular formula is C25H17F2N3O3S. The van der Waals surface area contributed by atoms with Gasteiger partial charge in [-0.1, -0.05) is 42.5 Å². The van der Waals surface area contributed by atoms with Crippen LogP contribution in [0.3, 0.4) is 0 Å². The summed E-state index contributed by atoms with van der Waals surface area (Å²) in [6.07, 6.45) is 0. The summed E-state index contributed by atoms with van der Waals surface area (Å²) in [5.74, 6) is -2.76. The van der Waals surface area contributed by atoms with Crippen molar-refractivity contribution in [1.82, 2.24) is 0 Å². The van der Waals surface area contributed by atoms with Gasteiger partial charge >= 0.3 is 0 Å². The summed E-state index contributed by atoms with van der Waals surface area (Å²) < 4.78 is 63.3. The van der Waals surface area contributed by atoms with Gasteiger partial charge in [-0.3, -0.25) is 4.31 Å². The summed E-state index contributed by atoms with van der Waals surface area (Å²) >= 11 is 0. The van der Waals surface area contributed by atoms with Crippen molar-refractivity contribution < 1.29 is 21.9 Å². The van der Waals surface area contributed by atoms with Gasteiger partial charge in [0.1, 0.15) is 28.2 Å². The third-order valence-corrected chi connectivity index (χ3v) is 7.70. The molecule has 9 heteroatoms. The lowest BCUT2D eigenvalue weighted by Crippen LogP contribution is -2.39. The zero-order valence-electron chi connectivity index (χ0n) is 17.6. The molecule has 0 aliphatic carbocycles. The summed E-state index contributed by atoms with van der Waals surface area (Å²) in [5, 5.41) is 9.81. The van der Waals surface area contributed by atoms with Crippen molar-refractivity contribution in [3.8, 4) is 6.07 Å². The highest BCUT2D eigenvalue weighted by atomic mass is 32.2. The molecule has 2 aliphatic rings. The standard InChI is InChI=1S/C25H17F2N3O3S/c26-16-11-9-15(10-12-16)14-30-21-8-4-2-6-18(21)23-24(34(30,31)32)22(19(13-28)25(29)33-23)17-5-1-3-7-20(17)27/h1-12,22H,14,29H2. The van der Waals surface area contributed by atoms with Crippen LogP contribution >= 0.6 is 0 Å². The topological polar surface area (TPSA) is 96.4 Å². The number of nitrogens with two attached hydrogens (primary N) is 1. The lowest BCUT2D eigenvalue weighted by molar-refractivity contribution is 0.357. The van der Waals surface area contributed by atoms with E-state index < -0.39 is 27.6 Å². The molecule has 5 rings (SSSR count). The smallest absolute Gasteiger partial charge is 0.265 e. The van der Waals surface area contributed by atoms with Gasteiger partial charge in [-0.25, -0.2) is 17.2 Å². The largest absolute Gasteiger partial charge is 0.439 e. The first-order valence-electron chi connectivity index (χ1n) is 10.3. The van der Waals surface area contributed by atoms with Gasteiger partial charge < -0.3 is 10.5 Å². The molecule has 34 heavy (non-hydrogen) atoms. The second kappa shape index (κ2) is 8.01. The van der Waals surface area contributed by atoms with Crippen molar-refractivity contribution in [2.24, 2.45) is 5.73 Å². The quantitative estimate of drug-likeness (QED) is 0.600. The van der Waals surface area contributed by atoms with Crippen LogP contribution in [0, 0.1) is 23.0 Å². The van der Waals surface area contributed by atoms with Crippen molar-refractivity contribution in [3.05, 3.63) is 117 Å². The molecule has 170 valence electrons. The van der Waals surface area contributed by atoms with Crippen molar-refractivity contribution in [2.75, 3.05) is 4.31 Å². The van der Waals surface area contributed by atoms with Gasteiger partial charge in [0.2, 0.25) is 5.88 Å². The molecule has 6 nitrogen and oxygen atoms in total. The lowest BCUT2D eigenvalue weighted by Gasteiger charge is -2.38. The molecule has 2 heterocycles. The molecular weight excluding hydrogens is 460 g/mol. The van der Waals surface area contributed by atoms with Crippen molar-refractivity contribution >= 4 is 21.5 Å². The number of ether oxygens (including phenoxy) is 1. The van der Waals surface area contributed by atoms with Crippen LogP contribution in [0.4, 0.5) is 14.5 Å². The summed E-state index contributed by atoms with van der Waals surface area (Å²) in [5.41, 5.74) is 7.11. The highest BCUT2D eigenvalue weighted by Crippen LogP contribution is 2.51. The van der Waals surface area contributed by atoms with Crippen molar-refractivity contribution in [3.63, 3.8) is 0 Å². The summed E-state index contributed by atoms with van der Waals surface area (Å²) in [4.78, 5) is -0.274. The number of hydrogen-bond donors (Lipinski definition) is 1. The minimum atomic E-state index is -4.34. The van der Waals surface area contributed by atoms with E-state index in [1.807, 2.05) is 6.07 Å². The van der Waals surface area contributed by atoms with Gasteiger partial charge in [0.05, 0.1) is 18.2 Å². The molecule has 0 spiro atoms. The van der Waals surface area contributed by atoms with Crippen molar-refractivity contribution in [1.29, 1.82) is 5.26 Å². The molecule has 3 aromatic rings. The minimum Gasteiger partial charge on any atom is -0.439 e. The maximum atomic E-state index is 14.9. The monoisotopic (exact) mass is 477 g/mol. The molecule has 0 amide bonds. The van der Waals surface area contributed by atoms with Gasteiger partial charge in [-0.15, -0.1) is 0 Å². The number of hydrogen-bond acceptors (Lipinski definition) is 5. The molecule has 0 fully saturated rings. The van der Waals surface area contributed by atoms with Crippen molar-refractivity contribution in [2.45, 2.75) is 12.5 Å². The van der Waals surface area contributed by atoms with Crippen LogP contribution in [0.15, 0.2) is 89.2 Å². The van der Waals surface area contributed by atoms with Crippen LogP contribution in [-0.2, 0) is 21.3 Å². The molecule has 1 unspecified atom stereocenters. The molecule has 0 bridgehead atoms. The van der Waals surface area contributed by atoms with E-state index in [0.29, 0.717) is 16.8 Å². The van der Waals surface area contributed by atoms with E-state index in [4.69, 9.17) is 10.5 Å².